The molecule has 1 rings (SSSR count). The molecule has 0 atom stereocenters. The van der Waals surface area contributed by atoms with E-state index in [1.807, 2.05) is 6.92 Å². The Bertz CT molecular complexity index is 438. The van der Waals surface area contributed by atoms with Crippen molar-refractivity contribution in [3.63, 3.8) is 0 Å². The maximum Gasteiger partial charge on any atom is 0.104 e. The number of hydrogen-bond donors (Lipinski definition) is 1. The predicted octanol–water partition coefficient (Wildman–Crippen LogP) is 5.29. The van der Waals surface area contributed by atoms with Gasteiger partial charge in [-0.3, -0.25) is 0 Å². The summed E-state index contributed by atoms with van der Waals surface area (Å²) >= 11 is 0. The number of rotatable bonds is 17. The van der Waals surface area contributed by atoms with E-state index in [9.17, 15) is 0 Å². The van der Waals surface area contributed by atoms with Crippen LogP contribution in [0.2, 0.25) is 0 Å². The Morgan fingerprint density at radius 3 is 1.39 bits per heavy atom. The summed E-state index contributed by atoms with van der Waals surface area (Å²) < 4.78 is 1.11. The highest BCUT2D eigenvalue weighted by Crippen LogP contribution is 2.14. The fourth-order valence-corrected chi connectivity index (χ4v) is 3.89. The molecule has 0 amide bonds. The third-order valence-corrected chi connectivity index (χ3v) is 5.57. The van der Waals surface area contributed by atoms with Crippen LogP contribution < -0.4 is 22.7 Å². The fraction of sp³-hybridized carbons (Fsp3) is 0.778. The zero-order valence-electron chi connectivity index (χ0n) is 21.2. The Morgan fingerprint density at radius 1 is 0.645 bits per heavy atom. The van der Waals surface area contributed by atoms with Gasteiger partial charge in [-0.05, 0) is 19.4 Å². The average Bonchev–Trinajstić information content (AvgIpc) is 2.69. The van der Waals surface area contributed by atoms with Crippen LogP contribution in [0.25, 0.3) is 0 Å². The number of hydrogen-bond acceptors (Lipinski definition) is 1. The molecule has 0 heterocycles. The lowest BCUT2D eigenvalue weighted by atomic mass is 10.0. The van der Waals surface area contributed by atoms with Crippen LogP contribution >= 0.6 is 17.0 Å². The molecule has 2 nitrogen and oxygen atoms in total. The van der Waals surface area contributed by atoms with Gasteiger partial charge in [0.05, 0.1) is 20.6 Å². The minimum Gasteiger partial charge on any atom is -1.00 e. The summed E-state index contributed by atoms with van der Waals surface area (Å²) in [4.78, 5) is 0. The average molecular weight is 567 g/mol. The zero-order valence-corrected chi connectivity index (χ0v) is 24.5. The maximum absolute atomic E-state index is 4.85. The lowest BCUT2D eigenvalue weighted by Gasteiger charge is -2.30. The van der Waals surface area contributed by atoms with Gasteiger partial charge in [-0.25, -0.2) is 0 Å². The largest absolute Gasteiger partial charge is 1.00 e. The molecule has 31 heavy (non-hydrogen) atoms. The van der Waals surface area contributed by atoms with Gasteiger partial charge in [-0.1, -0.05) is 121 Å². The van der Waals surface area contributed by atoms with Gasteiger partial charge in [0.25, 0.3) is 0 Å². The van der Waals surface area contributed by atoms with E-state index in [-0.39, 0.29) is 34.0 Å². The molecule has 1 aromatic carbocycles. The minimum absolute atomic E-state index is 0. The highest BCUT2D eigenvalue weighted by Gasteiger charge is 2.14. The zero-order chi connectivity index (χ0) is 21.6. The third-order valence-electron chi connectivity index (χ3n) is 5.57. The van der Waals surface area contributed by atoms with Crippen molar-refractivity contribution in [3.8, 4) is 0 Å². The molecular formula is C27H54Br2N2. The van der Waals surface area contributed by atoms with Crippen molar-refractivity contribution < 1.29 is 21.5 Å². The highest BCUT2D eigenvalue weighted by atomic mass is 79.9. The van der Waals surface area contributed by atoms with E-state index in [0.29, 0.717) is 0 Å². The Balaban J connectivity index is -0.00000148. The predicted molar refractivity (Wildman–Crippen MR) is 142 cm³/mol. The summed E-state index contributed by atoms with van der Waals surface area (Å²) in [6.45, 7) is 7.40. The third kappa shape index (κ3) is 26.2. The Labute approximate surface area is 216 Å². The molecule has 0 aliphatic carbocycles. The number of nitrogens with zero attached hydrogens (tertiary/aromatic N) is 1. The molecule has 4 heteroatoms. The Kier molecular flexibility index (Phi) is 30.3. The number of halogens is 2. The lowest BCUT2D eigenvalue weighted by molar-refractivity contribution is -0.903. The van der Waals surface area contributed by atoms with Crippen LogP contribution in [-0.4, -0.2) is 31.7 Å². The summed E-state index contributed by atoms with van der Waals surface area (Å²) in [6, 6.07) is 10.9. The second kappa shape index (κ2) is 26.4. The van der Waals surface area contributed by atoms with Gasteiger partial charge in [-0.2, -0.15) is 0 Å². The summed E-state index contributed by atoms with van der Waals surface area (Å²) in [6.07, 6.45) is 20.2. The minimum atomic E-state index is 0. The molecule has 0 bridgehead atoms. The number of nitrogens with two attached hydrogens (primary N) is 1. The molecule has 0 saturated carbocycles. The van der Waals surface area contributed by atoms with Gasteiger partial charge in [0.15, 0.2) is 0 Å². The molecule has 0 spiro atoms. The van der Waals surface area contributed by atoms with Crippen LogP contribution in [0.1, 0.15) is 109 Å². The quantitative estimate of drug-likeness (QED) is 0.201. The lowest BCUT2D eigenvalue weighted by Crippen LogP contribution is -3.00. The van der Waals surface area contributed by atoms with Crippen molar-refractivity contribution >= 4 is 17.0 Å². The standard InChI is InChI=1S/C25H46N.C2H7N.2BrH/c1-4-5-6-7-8-9-10-11-12-13-14-15-16-20-23-26(2,3)24-25-21-18-17-19-22-25;1-2-3;;/h17-19,21-22H,4-16,20,23-24H2,1-3H3;2-3H2,1H3;2*1H/q+1;;;/p-1. The molecule has 0 radical (unpaired) electrons. The fourth-order valence-electron chi connectivity index (χ4n) is 3.89. The molecular weight excluding hydrogens is 512 g/mol. The molecule has 0 unspecified atom stereocenters. The van der Waals surface area contributed by atoms with Crippen LogP contribution in [0.5, 0.6) is 0 Å². The summed E-state index contributed by atoms with van der Waals surface area (Å²) in [5.74, 6) is 0. The van der Waals surface area contributed by atoms with E-state index in [0.717, 1.165) is 17.6 Å². The van der Waals surface area contributed by atoms with Crippen molar-refractivity contribution in [2.75, 3.05) is 27.2 Å². The van der Waals surface area contributed by atoms with Crippen LogP contribution in [0.3, 0.4) is 0 Å². The monoisotopic (exact) mass is 564 g/mol. The van der Waals surface area contributed by atoms with Gasteiger partial charge in [0.2, 0.25) is 0 Å². The van der Waals surface area contributed by atoms with Crippen molar-refractivity contribution in [2.45, 2.75) is 110 Å². The van der Waals surface area contributed by atoms with E-state index in [1.165, 1.54) is 102 Å². The summed E-state index contributed by atoms with van der Waals surface area (Å²) in [5, 5.41) is 0. The van der Waals surface area contributed by atoms with Crippen LogP contribution in [0.4, 0.5) is 0 Å². The van der Waals surface area contributed by atoms with Crippen LogP contribution in [0.15, 0.2) is 30.3 Å². The van der Waals surface area contributed by atoms with E-state index in [1.54, 1.807) is 0 Å². The van der Waals surface area contributed by atoms with E-state index < -0.39 is 0 Å². The first-order chi connectivity index (χ1) is 14.1. The van der Waals surface area contributed by atoms with Crippen molar-refractivity contribution in [3.05, 3.63) is 35.9 Å². The molecule has 1 aromatic rings. The first-order valence-electron chi connectivity index (χ1n) is 12.6. The van der Waals surface area contributed by atoms with Gasteiger partial charge in [0, 0.05) is 5.56 Å². The van der Waals surface area contributed by atoms with Gasteiger partial charge in [-0.15, -0.1) is 17.0 Å². The second-order valence-electron chi connectivity index (χ2n) is 9.31. The van der Waals surface area contributed by atoms with E-state index in [4.69, 9.17) is 5.73 Å². The molecule has 0 aromatic heterocycles. The molecule has 0 aliphatic heterocycles. The van der Waals surface area contributed by atoms with Crippen LogP contribution in [-0.2, 0) is 6.54 Å². The molecule has 0 fully saturated rings. The highest BCUT2D eigenvalue weighted by molar-refractivity contribution is 8.93. The number of unbranched alkanes of at least 4 members (excludes halogenated alkanes) is 13. The van der Waals surface area contributed by atoms with Crippen LogP contribution in [0, 0.1) is 0 Å². The van der Waals surface area contributed by atoms with E-state index >= 15 is 0 Å². The normalized spacial score (nSPS) is 10.5. The van der Waals surface area contributed by atoms with Gasteiger partial charge < -0.3 is 27.2 Å². The SMILES string of the molecule is Br.CCCCCCCCCCCCCCCC[N+](C)(C)Cc1ccccc1.CCN.[Br-]. The maximum atomic E-state index is 4.85. The molecule has 0 saturated heterocycles. The molecule has 0 aliphatic rings. The first-order valence-corrected chi connectivity index (χ1v) is 12.6. The first kappa shape index (κ1) is 35.7. The second-order valence-corrected chi connectivity index (χ2v) is 9.31. The van der Waals surface area contributed by atoms with Crippen molar-refractivity contribution in [1.29, 1.82) is 0 Å². The topological polar surface area (TPSA) is 26.0 Å². The number of quaternary nitrogens is 1. The van der Waals surface area contributed by atoms with Gasteiger partial charge in [0.1, 0.15) is 6.54 Å². The molecule has 2 N–H and O–H groups in total. The Morgan fingerprint density at radius 2 is 1.00 bits per heavy atom. The smallest absolute Gasteiger partial charge is 0.104 e. The summed E-state index contributed by atoms with van der Waals surface area (Å²) in [5.41, 5.74) is 6.31. The van der Waals surface area contributed by atoms with Crippen molar-refractivity contribution in [2.24, 2.45) is 5.73 Å². The van der Waals surface area contributed by atoms with Gasteiger partial charge >= 0.3 is 0 Å². The van der Waals surface area contributed by atoms with Crippen molar-refractivity contribution in [1.82, 2.24) is 0 Å². The molecule has 186 valence electrons. The number of benzene rings is 1. The summed E-state index contributed by atoms with van der Waals surface area (Å²) in [7, 11) is 4.74. The Hall–Kier alpha value is 0.100. The van der Waals surface area contributed by atoms with E-state index in [2.05, 4.69) is 51.4 Å².